The number of carboxylic acid groups (broad SMARTS) is 1. The van der Waals surface area contributed by atoms with Gasteiger partial charge in [-0.1, -0.05) is 19.4 Å². The highest BCUT2D eigenvalue weighted by Gasteiger charge is 2.68. The fraction of sp³-hybridized carbons (Fsp3) is 0.800. The molecule has 4 rings (SSSR count). The van der Waals surface area contributed by atoms with Gasteiger partial charge in [-0.25, -0.2) is 4.79 Å². The zero-order chi connectivity index (χ0) is 18.2. The van der Waals surface area contributed by atoms with Gasteiger partial charge in [-0.3, -0.25) is 4.79 Å². The molecule has 5 heteroatoms. The molecule has 0 aromatic carbocycles. The summed E-state index contributed by atoms with van der Waals surface area (Å²) in [5.41, 5.74) is -1.55. The van der Waals surface area contributed by atoms with Gasteiger partial charge in [-0.05, 0) is 67.8 Å². The first-order valence-corrected chi connectivity index (χ1v) is 9.51. The Hall–Kier alpha value is -1.20. The fourth-order valence-electron chi connectivity index (χ4n) is 7.04. The maximum Gasteiger partial charge on any atom is 0.336 e. The van der Waals surface area contributed by atoms with E-state index in [4.69, 9.17) is 0 Å². The molecule has 0 saturated heterocycles. The highest BCUT2D eigenvalue weighted by atomic mass is 16.4. The normalized spacial score (nSPS) is 52.0. The SMILES string of the molecule is C[C@]12CCC(=O)C=C1CC[C@@H]1[C@@H]2[C@@H](O)C[C@@]2(C)[C@H]1CC[C@@]2(O)C(=O)O. The number of aliphatic hydroxyl groups excluding tert-OH is 1. The van der Waals surface area contributed by atoms with Crippen molar-refractivity contribution in [3.63, 3.8) is 0 Å². The molecular formula is C20H28O5. The zero-order valence-electron chi connectivity index (χ0n) is 15.0. The summed E-state index contributed by atoms with van der Waals surface area (Å²) in [6, 6.07) is 0. The predicted octanol–water partition coefficient (Wildman–Crippen LogP) is 2.30. The second-order valence-electron chi connectivity index (χ2n) is 9.28. The molecule has 0 bridgehead atoms. The Morgan fingerprint density at radius 1 is 1.20 bits per heavy atom. The van der Waals surface area contributed by atoms with Crippen LogP contribution in [-0.2, 0) is 9.59 Å². The van der Waals surface area contributed by atoms with E-state index >= 15 is 0 Å². The molecule has 0 heterocycles. The number of aliphatic hydroxyl groups is 2. The van der Waals surface area contributed by atoms with Gasteiger partial charge in [-0.15, -0.1) is 0 Å². The van der Waals surface area contributed by atoms with Gasteiger partial charge in [0.05, 0.1) is 6.10 Å². The van der Waals surface area contributed by atoms with Crippen LogP contribution in [0.4, 0.5) is 0 Å². The fourth-order valence-corrected chi connectivity index (χ4v) is 7.04. The number of rotatable bonds is 1. The highest BCUT2D eigenvalue weighted by Crippen LogP contribution is 2.67. The summed E-state index contributed by atoms with van der Waals surface area (Å²) in [5.74, 6) is -0.610. The Morgan fingerprint density at radius 2 is 1.92 bits per heavy atom. The molecule has 25 heavy (non-hydrogen) atoms. The van der Waals surface area contributed by atoms with Gasteiger partial charge in [0.2, 0.25) is 0 Å². The molecule has 0 spiro atoms. The van der Waals surface area contributed by atoms with Crippen molar-refractivity contribution in [3.05, 3.63) is 11.6 Å². The van der Waals surface area contributed by atoms with Crippen LogP contribution in [0.15, 0.2) is 11.6 Å². The molecule has 7 atom stereocenters. The van der Waals surface area contributed by atoms with E-state index in [2.05, 4.69) is 6.92 Å². The van der Waals surface area contributed by atoms with E-state index in [-0.39, 0.29) is 35.4 Å². The lowest BCUT2D eigenvalue weighted by Gasteiger charge is -2.60. The number of ketones is 1. The molecule has 0 aliphatic heterocycles. The molecule has 0 unspecified atom stereocenters. The first-order valence-electron chi connectivity index (χ1n) is 9.51. The van der Waals surface area contributed by atoms with Crippen LogP contribution in [-0.4, -0.2) is 38.8 Å². The summed E-state index contributed by atoms with van der Waals surface area (Å²) in [6.07, 6.45) is 5.43. The first kappa shape index (κ1) is 17.2. The van der Waals surface area contributed by atoms with Gasteiger partial charge in [-0.2, -0.15) is 0 Å². The maximum atomic E-state index is 11.9. The number of carbonyl (C=O) groups excluding carboxylic acids is 1. The summed E-state index contributed by atoms with van der Waals surface area (Å²) in [5, 5.41) is 31.6. The van der Waals surface area contributed by atoms with Crippen molar-refractivity contribution in [2.45, 2.75) is 70.5 Å². The smallest absolute Gasteiger partial charge is 0.336 e. The Bertz CT molecular complexity index is 669. The van der Waals surface area contributed by atoms with E-state index in [1.54, 1.807) is 6.08 Å². The molecule has 0 amide bonds. The van der Waals surface area contributed by atoms with Crippen LogP contribution < -0.4 is 0 Å². The van der Waals surface area contributed by atoms with Crippen LogP contribution in [0.2, 0.25) is 0 Å². The third-order valence-corrected chi connectivity index (χ3v) is 8.40. The lowest BCUT2D eigenvalue weighted by molar-refractivity contribution is -0.194. The average molecular weight is 348 g/mol. The van der Waals surface area contributed by atoms with E-state index in [1.807, 2.05) is 6.92 Å². The van der Waals surface area contributed by atoms with Crippen LogP contribution in [0.1, 0.15) is 58.8 Å². The lowest BCUT2D eigenvalue weighted by atomic mass is 9.45. The molecule has 3 fully saturated rings. The van der Waals surface area contributed by atoms with E-state index < -0.39 is 23.1 Å². The van der Waals surface area contributed by atoms with Crippen LogP contribution in [0, 0.1) is 28.6 Å². The van der Waals surface area contributed by atoms with Crippen molar-refractivity contribution in [1.82, 2.24) is 0 Å². The summed E-state index contributed by atoms with van der Waals surface area (Å²) in [7, 11) is 0. The summed E-state index contributed by atoms with van der Waals surface area (Å²) < 4.78 is 0. The summed E-state index contributed by atoms with van der Waals surface area (Å²) in [4.78, 5) is 23.7. The third kappa shape index (κ3) is 2.02. The second-order valence-corrected chi connectivity index (χ2v) is 9.28. The molecule has 4 aliphatic carbocycles. The molecule has 4 aliphatic rings. The quantitative estimate of drug-likeness (QED) is 0.676. The number of carbonyl (C=O) groups is 2. The average Bonchev–Trinajstić information content (AvgIpc) is 2.80. The van der Waals surface area contributed by atoms with Gasteiger partial charge >= 0.3 is 5.97 Å². The van der Waals surface area contributed by atoms with Gasteiger partial charge in [0, 0.05) is 11.8 Å². The number of fused-ring (bicyclic) bond motifs is 5. The molecule has 0 aromatic rings. The largest absolute Gasteiger partial charge is 0.479 e. The van der Waals surface area contributed by atoms with Crippen molar-refractivity contribution in [2.24, 2.45) is 28.6 Å². The van der Waals surface area contributed by atoms with Crippen LogP contribution in [0.25, 0.3) is 0 Å². The minimum atomic E-state index is -1.75. The Kier molecular flexibility index (Phi) is 3.56. The number of aliphatic carboxylic acids is 1. The van der Waals surface area contributed by atoms with E-state index in [0.717, 1.165) is 19.3 Å². The lowest BCUT2D eigenvalue weighted by Crippen LogP contribution is -2.61. The van der Waals surface area contributed by atoms with Crippen LogP contribution >= 0.6 is 0 Å². The highest BCUT2D eigenvalue weighted by molar-refractivity contribution is 5.91. The predicted molar refractivity (Wildman–Crippen MR) is 90.7 cm³/mol. The summed E-state index contributed by atoms with van der Waals surface area (Å²) in [6.45, 7) is 4.03. The molecule has 3 N–H and O–H groups in total. The van der Waals surface area contributed by atoms with E-state index in [9.17, 15) is 24.9 Å². The van der Waals surface area contributed by atoms with Gasteiger partial charge < -0.3 is 15.3 Å². The van der Waals surface area contributed by atoms with Crippen molar-refractivity contribution in [3.8, 4) is 0 Å². The first-order chi connectivity index (χ1) is 11.6. The molecule has 138 valence electrons. The van der Waals surface area contributed by atoms with E-state index in [0.29, 0.717) is 19.3 Å². The standard InChI is InChI=1S/C20H28O5/c1-18-7-5-12(21)9-11(18)3-4-13-14-6-8-20(25,17(23)24)19(14,2)10-15(22)16(13)18/h9,13-16,22,25H,3-8,10H2,1-2H3,(H,23,24)/t13-,14-,15-,16+,18-,19-,20+/m0/s1. The van der Waals surface area contributed by atoms with Crippen molar-refractivity contribution in [2.75, 3.05) is 0 Å². The van der Waals surface area contributed by atoms with Gasteiger partial charge in [0.1, 0.15) is 0 Å². The maximum absolute atomic E-state index is 11.9. The number of allylic oxidation sites excluding steroid dienone is 1. The summed E-state index contributed by atoms with van der Waals surface area (Å²) >= 11 is 0. The van der Waals surface area contributed by atoms with Crippen LogP contribution in [0.3, 0.4) is 0 Å². The van der Waals surface area contributed by atoms with Crippen molar-refractivity contribution in [1.29, 1.82) is 0 Å². The van der Waals surface area contributed by atoms with E-state index in [1.165, 1.54) is 5.57 Å². The molecular weight excluding hydrogens is 320 g/mol. The number of hydrogen-bond donors (Lipinski definition) is 3. The second kappa shape index (κ2) is 5.17. The number of hydrogen-bond acceptors (Lipinski definition) is 4. The topological polar surface area (TPSA) is 94.8 Å². The molecule has 5 nitrogen and oxygen atoms in total. The molecule has 3 saturated carbocycles. The van der Waals surface area contributed by atoms with Crippen LogP contribution in [0.5, 0.6) is 0 Å². The third-order valence-electron chi connectivity index (χ3n) is 8.40. The minimum absolute atomic E-state index is 0.0508. The van der Waals surface area contributed by atoms with Gasteiger partial charge in [0.25, 0.3) is 0 Å². The minimum Gasteiger partial charge on any atom is -0.479 e. The van der Waals surface area contributed by atoms with Gasteiger partial charge in [0.15, 0.2) is 11.4 Å². The number of carboxylic acids is 1. The zero-order valence-corrected chi connectivity index (χ0v) is 15.0. The Balaban J connectivity index is 1.75. The monoisotopic (exact) mass is 348 g/mol. The Labute approximate surface area is 148 Å². The van der Waals surface area contributed by atoms with Crippen molar-refractivity contribution < 1.29 is 24.9 Å². The molecule has 0 aromatic heterocycles. The van der Waals surface area contributed by atoms with Crippen molar-refractivity contribution >= 4 is 11.8 Å². The molecule has 0 radical (unpaired) electrons. The Morgan fingerprint density at radius 3 is 2.60 bits per heavy atom.